The van der Waals surface area contributed by atoms with E-state index in [4.69, 9.17) is 0 Å². The molecule has 0 fully saturated rings. The molecule has 2 unspecified atom stereocenters. The molecule has 0 radical (unpaired) electrons. The minimum Gasteiger partial charge on any atom is -0.0654 e. The highest BCUT2D eigenvalue weighted by Crippen LogP contribution is 2.28. The SMILES string of the molecule is CCCCCCC(CC)CC(CCC)CCCCC. The molecule has 0 aliphatic rings. The summed E-state index contributed by atoms with van der Waals surface area (Å²) in [4.78, 5) is 0. The smallest absolute Gasteiger partial charge is 0.0412 e. The van der Waals surface area contributed by atoms with E-state index in [0.29, 0.717) is 0 Å². The molecule has 19 heavy (non-hydrogen) atoms. The fourth-order valence-electron chi connectivity index (χ4n) is 3.29. The predicted octanol–water partition coefficient (Wildman–Crippen LogP) is 7.37. The van der Waals surface area contributed by atoms with Crippen molar-refractivity contribution in [1.82, 2.24) is 0 Å². The van der Waals surface area contributed by atoms with Crippen molar-refractivity contribution in [3.63, 3.8) is 0 Å². The van der Waals surface area contributed by atoms with Gasteiger partial charge in [-0.3, -0.25) is 0 Å². The van der Waals surface area contributed by atoms with Crippen molar-refractivity contribution < 1.29 is 0 Å². The Morgan fingerprint density at radius 2 is 1.11 bits per heavy atom. The van der Waals surface area contributed by atoms with Crippen molar-refractivity contribution in [2.75, 3.05) is 0 Å². The molecule has 0 heterocycles. The van der Waals surface area contributed by atoms with Crippen LogP contribution in [0.4, 0.5) is 0 Å². The Morgan fingerprint density at radius 3 is 1.68 bits per heavy atom. The van der Waals surface area contributed by atoms with Crippen LogP contribution in [0.2, 0.25) is 0 Å². The second-order valence-electron chi connectivity index (χ2n) is 6.51. The van der Waals surface area contributed by atoms with E-state index in [-0.39, 0.29) is 0 Å². The lowest BCUT2D eigenvalue weighted by Crippen LogP contribution is -2.09. The molecule has 0 aromatic heterocycles. The minimum atomic E-state index is 1.01. The zero-order valence-electron chi connectivity index (χ0n) is 14.3. The van der Waals surface area contributed by atoms with Crippen molar-refractivity contribution in [2.24, 2.45) is 11.8 Å². The Labute approximate surface area is 123 Å². The summed E-state index contributed by atoms with van der Waals surface area (Å²) in [7, 11) is 0. The highest BCUT2D eigenvalue weighted by Gasteiger charge is 2.14. The monoisotopic (exact) mass is 268 g/mol. The third-order valence-corrected chi connectivity index (χ3v) is 4.62. The van der Waals surface area contributed by atoms with E-state index < -0.39 is 0 Å². The molecule has 0 saturated heterocycles. The van der Waals surface area contributed by atoms with Crippen molar-refractivity contribution in [1.29, 1.82) is 0 Å². The molecule has 0 aliphatic heterocycles. The zero-order chi connectivity index (χ0) is 14.3. The molecule has 116 valence electrons. The fourth-order valence-corrected chi connectivity index (χ4v) is 3.29. The molecule has 0 nitrogen and oxygen atoms in total. The first kappa shape index (κ1) is 19.0. The van der Waals surface area contributed by atoms with Crippen LogP contribution in [0.25, 0.3) is 0 Å². The molecule has 0 heteroatoms. The summed E-state index contributed by atoms with van der Waals surface area (Å²) in [6.45, 7) is 9.38. The van der Waals surface area contributed by atoms with Gasteiger partial charge in [-0.1, -0.05) is 105 Å². The Bertz CT molecular complexity index is 161. The van der Waals surface area contributed by atoms with Crippen LogP contribution >= 0.6 is 0 Å². The Kier molecular flexibility index (Phi) is 14.4. The van der Waals surface area contributed by atoms with E-state index in [0.717, 1.165) is 11.8 Å². The van der Waals surface area contributed by atoms with Crippen LogP contribution in [-0.4, -0.2) is 0 Å². The summed E-state index contributed by atoms with van der Waals surface area (Å²) >= 11 is 0. The topological polar surface area (TPSA) is 0 Å². The number of rotatable bonds is 14. The van der Waals surface area contributed by atoms with Crippen molar-refractivity contribution in [3.8, 4) is 0 Å². The summed E-state index contributed by atoms with van der Waals surface area (Å²) in [5.74, 6) is 2.03. The fraction of sp³-hybridized carbons (Fsp3) is 1.00. The van der Waals surface area contributed by atoms with Gasteiger partial charge in [-0.15, -0.1) is 0 Å². The second-order valence-corrected chi connectivity index (χ2v) is 6.51. The predicted molar refractivity (Wildman–Crippen MR) is 89.7 cm³/mol. The maximum atomic E-state index is 2.40. The van der Waals surface area contributed by atoms with E-state index in [1.54, 1.807) is 0 Å². The van der Waals surface area contributed by atoms with Gasteiger partial charge in [-0.2, -0.15) is 0 Å². The molecule has 0 N–H and O–H groups in total. The Morgan fingerprint density at radius 1 is 0.526 bits per heavy atom. The molecule has 0 saturated carbocycles. The molecular formula is C19H40. The molecule has 0 spiro atoms. The third-order valence-electron chi connectivity index (χ3n) is 4.62. The average molecular weight is 269 g/mol. The van der Waals surface area contributed by atoms with Crippen LogP contribution in [0, 0.1) is 11.8 Å². The molecule has 0 aromatic rings. The molecule has 0 amide bonds. The summed E-state index contributed by atoms with van der Waals surface area (Å²) in [6, 6.07) is 0. The van der Waals surface area contributed by atoms with E-state index >= 15 is 0 Å². The average Bonchev–Trinajstić information content (AvgIpc) is 2.42. The van der Waals surface area contributed by atoms with E-state index in [1.807, 2.05) is 0 Å². The maximum absolute atomic E-state index is 2.40. The van der Waals surface area contributed by atoms with Gasteiger partial charge in [0.15, 0.2) is 0 Å². The van der Waals surface area contributed by atoms with Gasteiger partial charge in [0.2, 0.25) is 0 Å². The van der Waals surface area contributed by atoms with E-state index in [1.165, 1.54) is 83.5 Å². The van der Waals surface area contributed by atoms with Gasteiger partial charge in [0, 0.05) is 0 Å². The van der Waals surface area contributed by atoms with E-state index in [9.17, 15) is 0 Å². The molecule has 0 rings (SSSR count). The third kappa shape index (κ3) is 11.5. The highest BCUT2D eigenvalue weighted by atomic mass is 14.2. The van der Waals surface area contributed by atoms with E-state index in [2.05, 4.69) is 27.7 Å². The van der Waals surface area contributed by atoms with Gasteiger partial charge in [-0.05, 0) is 18.3 Å². The zero-order valence-corrected chi connectivity index (χ0v) is 14.3. The van der Waals surface area contributed by atoms with Gasteiger partial charge < -0.3 is 0 Å². The number of hydrogen-bond acceptors (Lipinski definition) is 0. The number of unbranched alkanes of at least 4 members (excludes halogenated alkanes) is 5. The largest absolute Gasteiger partial charge is 0.0654 e. The molecule has 2 atom stereocenters. The summed E-state index contributed by atoms with van der Waals surface area (Å²) in [5.41, 5.74) is 0. The summed E-state index contributed by atoms with van der Waals surface area (Å²) < 4.78 is 0. The van der Waals surface area contributed by atoms with Crippen LogP contribution in [0.3, 0.4) is 0 Å². The quantitative estimate of drug-likeness (QED) is 0.288. The van der Waals surface area contributed by atoms with Gasteiger partial charge >= 0.3 is 0 Å². The molecule has 0 aromatic carbocycles. The Balaban J connectivity index is 3.90. The van der Waals surface area contributed by atoms with Crippen LogP contribution in [0.15, 0.2) is 0 Å². The first-order chi connectivity index (χ1) is 9.28. The van der Waals surface area contributed by atoms with Crippen LogP contribution in [-0.2, 0) is 0 Å². The van der Waals surface area contributed by atoms with Gasteiger partial charge in [0.25, 0.3) is 0 Å². The van der Waals surface area contributed by atoms with Crippen molar-refractivity contribution >= 4 is 0 Å². The van der Waals surface area contributed by atoms with Gasteiger partial charge in [0.1, 0.15) is 0 Å². The molecule has 0 aliphatic carbocycles. The number of hydrogen-bond donors (Lipinski definition) is 0. The van der Waals surface area contributed by atoms with Crippen molar-refractivity contribution in [2.45, 2.75) is 111 Å². The summed E-state index contributed by atoms with van der Waals surface area (Å²) in [6.07, 6.45) is 18.8. The lowest BCUT2D eigenvalue weighted by atomic mass is 9.83. The molecular weight excluding hydrogens is 228 g/mol. The van der Waals surface area contributed by atoms with Crippen LogP contribution < -0.4 is 0 Å². The molecule has 0 bridgehead atoms. The highest BCUT2D eigenvalue weighted by molar-refractivity contribution is 4.66. The second kappa shape index (κ2) is 14.4. The van der Waals surface area contributed by atoms with Gasteiger partial charge in [-0.25, -0.2) is 0 Å². The normalized spacial score (nSPS) is 14.5. The lowest BCUT2D eigenvalue weighted by molar-refractivity contribution is 0.300. The van der Waals surface area contributed by atoms with Crippen LogP contribution in [0.5, 0.6) is 0 Å². The maximum Gasteiger partial charge on any atom is -0.0412 e. The standard InChI is InChI=1S/C19H40/c1-5-9-11-13-15-18(8-4)17-19(14-7-3)16-12-10-6-2/h18-19H,5-17H2,1-4H3. The van der Waals surface area contributed by atoms with Crippen molar-refractivity contribution in [3.05, 3.63) is 0 Å². The lowest BCUT2D eigenvalue weighted by Gasteiger charge is -2.22. The Hall–Kier alpha value is 0. The van der Waals surface area contributed by atoms with Crippen LogP contribution in [0.1, 0.15) is 111 Å². The summed E-state index contributed by atoms with van der Waals surface area (Å²) in [5, 5.41) is 0. The first-order valence-electron chi connectivity index (χ1n) is 9.28. The first-order valence-corrected chi connectivity index (χ1v) is 9.28. The van der Waals surface area contributed by atoms with Gasteiger partial charge in [0.05, 0.1) is 0 Å². The minimum absolute atomic E-state index is 1.01.